The molecular weight excluding hydrogens is 320 g/mol. The predicted molar refractivity (Wildman–Crippen MR) is 84.4 cm³/mol. The van der Waals surface area contributed by atoms with Gasteiger partial charge in [0.1, 0.15) is 5.75 Å². The number of hydrogen-bond donors (Lipinski definition) is 1. The summed E-state index contributed by atoms with van der Waals surface area (Å²) in [6, 6.07) is 4.55. The number of fused-ring (bicyclic) bond motifs is 1. The molecule has 0 aliphatic carbocycles. The van der Waals surface area contributed by atoms with Gasteiger partial charge in [0.2, 0.25) is 5.91 Å². The summed E-state index contributed by atoms with van der Waals surface area (Å²) in [4.78, 5) is 25.1. The van der Waals surface area contributed by atoms with E-state index in [4.69, 9.17) is 5.11 Å². The number of carbonyl (C=O) groups is 2. The monoisotopic (exact) mass is 341 g/mol. The maximum absolute atomic E-state index is 12.6. The average Bonchev–Trinajstić information content (AvgIpc) is 2.43. The number of rotatable bonds is 6. The first kappa shape index (κ1) is 18.2. The summed E-state index contributed by atoms with van der Waals surface area (Å²) in [5.74, 6) is -1.03. The highest BCUT2D eigenvalue weighted by Crippen LogP contribution is 2.34. The standard InChI is InChI=1S/C17H21F2NO4/c1-17(2,10-15(22)23)9-14(21)20-7-3-4-11-8-12(24-16(18)19)5-6-13(11)20/h5-6,8,16H,3-4,7,9-10H2,1-2H3,(H,22,23). The SMILES string of the molecule is CC(C)(CC(=O)O)CC(=O)N1CCCc2cc(OC(F)F)ccc21. The lowest BCUT2D eigenvalue weighted by Crippen LogP contribution is -2.38. The van der Waals surface area contributed by atoms with Crippen molar-refractivity contribution < 1.29 is 28.2 Å². The molecule has 1 aromatic rings. The molecule has 0 unspecified atom stereocenters. The van der Waals surface area contributed by atoms with E-state index in [-0.39, 0.29) is 24.5 Å². The van der Waals surface area contributed by atoms with E-state index >= 15 is 0 Å². The van der Waals surface area contributed by atoms with Gasteiger partial charge >= 0.3 is 12.6 Å². The molecule has 0 saturated heterocycles. The van der Waals surface area contributed by atoms with Gasteiger partial charge in [0.05, 0.1) is 6.42 Å². The Hall–Kier alpha value is -2.18. The number of carbonyl (C=O) groups excluding carboxylic acids is 1. The molecule has 1 N–H and O–H groups in total. The predicted octanol–water partition coefficient (Wildman–Crippen LogP) is 3.46. The first-order valence-corrected chi connectivity index (χ1v) is 7.78. The van der Waals surface area contributed by atoms with E-state index in [0.29, 0.717) is 18.7 Å². The molecule has 1 aliphatic rings. The molecule has 1 aliphatic heterocycles. The molecule has 132 valence electrons. The Kier molecular flexibility index (Phi) is 5.41. The number of carboxylic acids is 1. The van der Waals surface area contributed by atoms with Crippen LogP contribution in [-0.4, -0.2) is 30.1 Å². The fourth-order valence-electron chi connectivity index (χ4n) is 2.99. The smallest absolute Gasteiger partial charge is 0.387 e. The zero-order valence-corrected chi connectivity index (χ0v) is 13.7. The summed E-state index contributed by atoms with van der Waals surface area (Å²) >= 11 is 0. The van der Waals surface area contributed by atoms with Gasteiger partial charge in [-0.05, 0) is 42.0 Å². The second-order valence-corrected chi connectivity index (χ2v) is 6.73. The Morgan fingerprint density at radius 3 is 2.67 bits per heavy atom. The number of benzene rings is 1. The van der Waals surface area contributed by atoms with Gasteiger partial charge in [0, 0.05) is 18.7 Å². The van der Waals surface area contributed by atoms with E-state index < -0.39 is 18.0 Å². The zero-order valence-electron chi connectivity index (χ0n) is 13.7. The molecule has 7 heteroatoms. The van der Waals surface area contributed by atoms with Crippen molar-refractivity contribution in [2.24, 2.45) is 5.41 Å². The van der Waals surface area contributed by atoms with Crippen LogP contribution in [0.2, 0.25) is 0 Å². The Morgan fingerprint density at radius 2 is 2.04 bits per heavy atom. The van der Waals surface area contributed by atoms with Crippen LogP contribution < -0.4 is 9.64 Å². The van der Waals surface area contributed by atoms with Crippen molar-refractivity contribution >= 4 is 17.6 Å². The van der Waals surface area contributed by atoms with Crippen molar-refractivity contribution in [1.29, 1.82) is 0 Å². The molecule has 1 amide bonds. The maximum atomic E-state index is 12.6. The van der Waals surface area contributed by atoms with Crippen molar-refractivity contribution in [3.63, 3.8) is 0 Å². The molecule has 0 bridgehead atoms. The number of hydrogen-bond acceptors (Lipinski definition) is 3. The topological polar surface area (TPSA) is 66.8 Å². The van der Waals surface area contributed by atoms with E-state index in [2.05, 4.69) is 4.74 Å². The Balaban J connectivity index is 2.16. The number of carboxylic acid groups (broad SMARTS) is 1. The van der Waals surface area contributed by atoms with Crippen LogP contribution >= 0.6 is 0 Å². The molecule has 0 spiro atoms. The van der Waals surface area contributed by atoms with Gasteiger partial charge in [-0.25, -0.2) is 0 Å². The molecule has 24 heavy (non-hydrogen) atoms. The number of anilines is 1. The van der Waals surface area contributed by atoms with E-state index in [1.807, 2.05) is 0 Å². The number of aryl methyl sites for hydroxylation is 1. The highest BCUT2D eigenvalue weighted by molar-refractivity contribution is 5.95. The molecule has 2 rings (SSSR count). The van der Waals surface area contributed by atoms with Crippen molar-refractivity contribution in [2.45, 2.75) is 46.1 Å². The molecule has 0 aromatic heterocycles. The molecule has 0 saturated carbocycles. The Morgan fingerprint density at radius 1 is 1.33 bits per heavy atom. The summed E-state index contributed by atoms with van der Waals surface area (Å²) < 4.78 is 29.0. The minimum atomic E-state index is -2.89. The Labute approximate surface area is 139 Å². The lowest BCUT2D eigenvalue weighted by Gasteiger charge is -2.32. The number of nitrogens with zero attached hydrogens (tertiary/aromatic N) is 1. The third kappa shape index (κ3) is 4.66. The van der Waals surface area contributed by atoms with E-state index in [0.717, 1.165) is 12.0 Å². The van der Waals surface area contributed by atoms with Gasteiger partial charge in [-0.1, -0.05) is 13.8 Å². The summed E-state index contributed by atoms with van der Waals surface area (Å²) in [5.41, 5.74) is 0.807. The number of alkyl halides is 2. The van der Waals surface area contributed by atoms with Gasteiger partial charge in [-0.15, -0.1) is 0 Å². The van der Waals surface area contributed by atoms with Crippen LogP contribution in [0.3, 0.4) is 0 Å². The molecule has 0 fully saturated rings. The largest absolute Gasteiger partial charge is 0.481 e. The van der Waals surface area contributed by atoms with Crippen LogP contribution in [-0.2, 0) is 16.0 Å². The van der Waals surface area contributed by atoms with Gasteiger partial charge in [0.25, 0.3) is 0 Å². The van der Waals surface area contributed by atoms with Crippen LogP contribution in [0.15, 0.2) is 18.2 Å². The molecule has 5 nitrogen and oxygen atoms in total. The molecule has 1 aromatic carbocycles. The van der Waals surface area contributed by atoms with Gasteiger partial charge < -0.3 is 14.7 Å². The Bertz CT molecular complexity index is 631. The van der Waals surface area contributed by atoms with Crippen LogP contribution in [0.5, 0.6) is 5.75 Å². The fourth-order valence-corrected chi connectivity index (χ4v) is 2.99. The number of aliphatic carboxylic acids is 1. The first-order chi connectivity index (χ1) is 11.2. The van der Waals surface area contributed by atoms with Crippen molar-refractivity contribution in [1.82, 2.24) is 0 Å². The van der Waals surface area contributed by atoms with Crippen LogP contribution in [0.1, 0.15) is 38.7 Å². The minimum Gasteiger partial charge on any atom is -0.481 e. The normalized spacial score (nSPS) is 14.5. The van der Waals surface area contributed by atoms with Crippen molar-refractivity contribution in [2.75, 3.05) is 11.4 Å². The zero-order chi connectivity index (χ0) is 17.9. The highest BCUT2D eigenvalue weighted by atomic mass is 19.3. The summed E-state index contributed by atoms with van der Waals surface area (Å²) in [7, 11) is 0. The second kappa shape index (κ2) is 7.15. The van der Waals surface area contributed by atoms with Gasteiger partial charge in [-0.3, -0.25) is 9.59 Å². The summed E-state index contributed by atoms with van der Waals surface area (Å²) in [6.45, 7) is 1.12. The maximum Gasteiger partial charge on any atom is 0.387 e. The van der Waals surface area contributed by atoms with Crippen LogP contribution in [0.25, 0.3) is 0 Å². The van der Waals surface area contributed by atoms with Gasteiger partial charge in [-0.2, -0.15) is 8.78 Å². The quantitative estimate of drug-likeness (QED) is 0.860. The number of halogens is 2. The third-order valence-corrected chi connectivity index (χ3v) is 3.96. The van der Waals surface area contributed by atoms with E-state index in [1.165, 1.54) is 12.1 Å². The molecule has 1 heterocycles. The molecular formula is C17H21F2NO4. The minimum absolute atomic E-state index is 0.0734. The van der Waals surface area contributed by atoms with Crippen molar-refractivity contribution in [3.05, 3.63) is 23.8 Å². The summed E-state index contributed by atoms with van der Waals surface area (Å²) in [6.07, 6.45) is 1.41. The van der Waals surface area contributed by atoms with Crippen LogP contribution in [0.4, 0.5) is 14.5 Å². The summed E-state index contributed by atoms with van der Waals surface area (Å²) in [5, 5.41) is 8.93. The number of ether oxygens (including phenoxy) is 1. The first-order valence-electron chi connectivity index (χ1n) is 7.78. The third-order valence-electron chi connectivity index (χ3n) is 3.96. The van der Waals surface area contributed by atoms with Gasteiger partial charge in [0.15, 0.2) is 0 Å². The van der Waals surface area contributed by atoms with E-state index in [1.54, 1.807) is 24.8 Å². The number of amides is 1. The fraction of sp³-hybridized carbons (Fsp3) is 0.529. The molecule has 0 atom stereocenters. The van der Waals surface area contributed by atoms with E-state index in [9.17, 15) is 18.4 Å². The molecule has 0 radical (unpaired) electrons. The lowest BCUT2D eigenvalue weighted by molar-refractivity contribution is -0.139. The lowest BCUT2D eigenvalue weighted by atomic mass is 9.85. The highest BCUT2D eigenvalue weighted by Gasteiger charge is 2.30. The average molecular weight is 341 g/mol. The van der Waals surface area contributed by atoms with Crippen molar-refractivity contribution in [3.8, 4) is 5.75 Å². The van der Waals surface area contributed by atoms with Crippen LogP contribution in [0, 0.1) is 5.41 Å². The second-order valence-electron chi connectivity index (χ2n) is 6.73.